The third-order valence-corrected chi connectivity index (χ3v) is 5.48. The Bertz CT molecular complexity index is 892. The van der Waals surface area contributed by atoms with Crippen LogP contribution in [0.3, 0.4) is 0 Å². The first-order valence-electron chi connectivity index (χ1n) is 10.5. The Morgan fingerprint density at radius 1 is 0.967 bits per heavy atom. The van der Waals surface area contributed by atoms with Crippen molar-refractivity contribution in [3.63, 3.8) is 0 Å². The number of amides is 2. The van der Waals surface area contributed by atoms with Crippen molar-refractivity contribution >= 4 is 23.2 Å². The van der Waals surface area contributed by atoms with Gasteiger partial charge in [-0.05, 0) is 43.5 Å². The van der Waals surface area contributed by atoms with Crippen molar-refractivity contribution in [1.82, 2.24) is 5.01 Å². The smallest absolute Gasteiger partial charge is 0.268 e. The van der Waals surface area contributed by atoms with E-state index in [0.29, 0.717) is 38.3 Å². The fourth-order valence-electron chi connectivity index (χ4n) is 3.93. The van der Waals surface area contributed by atoms with Crippen molar-refractivity contribution in [3.8, 4) is 0 Å². The van der Waals surface area contributed by atoms with E-state index in [0.717, 1.165) is 24.2 Å². The molecule has 1 fully saturated rings. The number of carbonyl (C=O) groups is 2. The summed E-state index contributed by atoms with van der Waals surface area (Å²) >= 11 is 0. The molecule has 0 spiro atoms. The van der Waals surface area contributed by atoms with Gasteiger partial charge in [0.25, 0.3) is 5.91 Å². The molecule has 1 heterocycles. The second-order valence-corrected chi connectivity index (χ2v) is 7.56. The van der Waals surface area contributed by atoms with Gasteiger partial charge in [-0.15, -0.1) is 0 Å². The maximum absolute atomic E-state index is 13.6. The first-order chi connectivity index (χ1) is 14.7. The Morgan fingerprint density at radius 3 is 2.33 bits per heavy atom. The molecular weight excluding hydrogens is 378 g/mol. The zero-order valence-electron chi connectivity index (χ0n) is 17.0. The zero-order chi connectivity index (χ0) is 20.8. The number of benzene rings is 2. The molecule has 1 aliphatic carbocycles. The predicted octanol–water partition coefficient (Wildman–Crippen LogP) is 3.63. The second-order valence-electron chi connectivity index (χ2n) is 7.56. The van der Waals surface area contributed by atoms with E-state index in [1.54, 1.807) is 5.01 Å². The monoisotopic (exact) mass is 405 g/mol. The molecule has 1 saturated heterocycles. The number of rotatable bonds is 5. The second kappa shape index (κ2) is 9.69. The quantitative estimate of drug-likeness (QED) is 0.825. The Balaban J connectivity index is 1.55. The van der Waals surface area contributed by atoms with E-state index in [-0.39, 0.29) is 17.7 Å². The van der Waals surface area contributed by atoms with Crippen LogP contribution in [0.2, 0.25) is 0 Å². The predicted molar refractivity (Wildman–Crippen MR) is 117 cm³/mol. The molecule has 4 rings (SSSR count). The van der Waals surface area contributed by atoms with Crippen LogP contribution in [-0.4, -0.2) is 43.1 Å². The maximum atomic E-state index is 13.6. The average molecular weight is 405 g/mol. The molecule has 2 aromatic rings. The van der Waals surface area contributed by atoms with Crippen LogP contribution in [0.1, 0.15) is 19.3 Å². The average Bonchev–Trinajstić information content (AvgIpc) is 2.81. The molecule has 0 bridgehead atoms. The lowest BCUT2D eigenvalue weighted by Crippen LogP contribution is -2.52. The van der Waals surface area contributed by atoms with Crippen LogP contribution in [0.4, 0.5) is 11.4 Å². The highest BCUT2D eigenvalue weighted by Gasteiger charge is 2.30. The number of anilines is 2. The molecule has 0 aromatic heterocycles. The van der Waals surface area contributed by atoms with Crippen LogP contribution in [0.15, 0.2) is 72.3 Å². The van der Waals surface area contributed by atoms with Gasteiger partial charge in [-0.1, -0.05) is 42.5 Å². The highest BCUT2D eigenvalue weighted by atomic mass is 16.5. The lowest BCUT2D eigenvalue weighted by molar-refractivity contribution is -0.119. The van der Waals surface area contributed by atoms with E-state index >= 15 is 0 Å². The number of hydrogen-bond donors (Lipinski definition) is 1. The van der Waals surface area contributed by atoms with Gasteiger partial charge in [0.2, 0.25) is 5.91 Å². The Kier molecular flexibility index (Phi) is 6.57. The van der Waals surface area contributed by atoms with Crippen LogP contribution in [-0.2, 0) is 14.3 Å². The lowest BCUT2D eigenvalue weighted by atomic mass is 9.89. The number of carbonyl (C=O) groups excluding carboxylic acids is 2. The van der Waals surface area contributed by atoms with Crippen molar-refractivity contribution in [3.05, 3.63) is 72.3 Å². The Morgan fingerprint density at radius 2 is 1.63 bits per heavy atom. The van der Waals surface area contributed by atoms with Gasteiger partial charge in [-0.3, -0.25) is 9.59 Å². The summed E-state index contributed by atoms with van der Waals surface area (Å²) in [5.41, 5.74) is 2.31. The highest BCUT2D eigenvalue weighted by Crippen LogP contribution is 2.28. The van der Waals surface area contributed by atoms with E-state index in [4.69, 9.17) is 4.74 Å². The molecule has 1 atom stereocenters. The zero-order valence-corrected chi connectivity index (χ0v) is 17.0. The number of morpholine rings is 1. The lowest BCUT2D eigenvalue weighted by Gasteiger charge is -2.38. The van der Waals surface area contributed by atoms with Crippen molar-refractivity contribution < 1.29 is 14.3 Å². The minimum absolute atomic E-state index is 0.0553. The number of ether oxygens (including phenoxy) is 1. The number of hydrazine groups is 1. The molecular formula is C24H27N3O3. The van der Waals surface area contributed by atoms with Crippen LogP contribution < -0.4 is 10.3 Å². The van der Waals surface area contributed by atoms with Gasteiger partial charge in [-0.2, -0.15) is 0 Å². The van der Waals surface area contributed by atoms with Gasteiger partial charge < -0.3 is 10.1 Å². The minimum atomic E-state index is -0.305. The van der Waals surface area contributed by atoms with Gasteiger partial charge in [0.15, 0.2) is 0 Å². The molecule has 6 nitrogen and oxygen atoms in total. The number of nitrogens with zero attached hydrogens (tertiary/aromatic N) is 2. The minimum Gasteiger partial charge on any atom is -0.379 e. The van der Waals surface area contributed by atoms with Gasteiger partial charge in [0.1, 0.15) is 0 Å². The SMILES string of the molecule is O=C(Nc1ccccc1)C1C=C(C(=O)N(c2ccccc2)N2CCOCC2)CCC1. The fourth-order valence-corrected chi connectivity index (χ4v) is 3.93. The molecule has 0 radical (unpaired) electrons. The summed E-state index contributed by atoms with van der Waals surface area (Å²) < 4.78 is 5.47. The largest absolute Gasteiger partial charge is 0.379 e. The molecule has 1 N–H and O–H groups in total. The molecule has 156 valence electrons. The standard InChI is InChI=1S/C24H27N3O3/c28-23(25-21-10-3-1-4-11-21)19-8-7-9-20(18-19)24(29)27(22-12-5-2-6-13-22)26-14-16-30-17-15-26/h1-6,10-13,18-19H,7-9,14-17H2,(H,25,28). The van der Waals surface area contributed by atoms with Crippen molar-refractivity contribution in [2.75, 3.05) is 36.6 Å². The number of hydrogen-bond acceptors (Lipinski definition) is 4. The first kappa shape index (κ1) is 20.3. The van der Waals surface area contributed by atoms with Crippen LogP contribution in [0.25, 0.3) is 0 Å². The maximum Gasteiger partial charge on any atom is 0.268 e. The van der Waals surface area contributed by atoms with Crippen LogP contribution in [0, 0.1) is 5.92 Å². The molecule has 0 saturated carbocycles. The van der Waals surface area contributed by atoms with E-state index < -0.39 is 0 Å². The fraction of sp³-hybridized carbons (Fsp3) is 0.333. The summed E-state index contributed by atoms with van der Waals surface area (Å²) in [5.74, 6) is -0.427. The summed E-state index contributed by atoms with van der Waals surface area (Å²) in [6.45, 7) is 2.51. The van der Waals surface area contributed by atoms with Gasteiger partial charge in [0, 0.05) is 24.4 Å². The first-order valence-corrected chi connectivity index (χ1v) is 10.5. The van der Waals surface area contributed by atoms with Crippen molar-refractivity contribution in [1.29, 1.82) is 0 Å². The van der Waals surface area contributed by atoms with Gasteiger partial charge in [-0.25, -0.2) is 10.0 Å². The van der Waals surface area contributed by atoms with Crippen LogP contribution in [0.5, 0.6) is 0 Å². The number of para-hydroxylation sites is 2. The third-order valence-electron chi connectivity index (χ3n) is 5.48. The normalized spacial score (nSPS) is 19.6. The Hall–Kier alpha value is -2.96. The van der Waals surface area contributed by atoms with Crippen molar-refractivity contribution in [2.24, 2.45) is 5.92 Å². The van der Waals surface area contributed by atoms with Crippen molar-refractivity contribution in [2.45, 2.75) is 19.3 Å². The van der Waals surface area contributed by atoms with Crippen LogP contribution >= 0.6 is 0 Å². The molecule has 30 heavy (non-hydrogen) atoms. The number of nitrogens with one attached hydrogen (secondary N) is 1. The molecule has 6 heteroatoms. The van der Waals surface area contributed by atoms with E-state index in [9.17, 15) is 9.59 Å². The topological polar surface area (TPSA) is 61.9 Å². The highest BCUT2D eigenvalue weighted by molar-refractivity contribution is 6.06. The summed E-state index contributed by atoms with van der Waals surface area (Å²) in [5, 5.41) is 6.75. The molecule has 1 unspecified atom stereocenters. The van der Waals surface area contributed by atoms with E-state index in [2.05, 4.69) is 5.32 Å². The third kappa shape index (κ3) is 4.78. The Labute approximate surface area is 177 Å². The summed E-state index contributed by atoms with van der Waals surface area (Å²) in [4.78, 5) is 26.3. The molecule has 2 aliphatic rings. The van der Waals surface area contributed by atoms with Gasteiger partial charge >= 0.3 is 0 Å². The van der Waals surface area contributed by atoms with E-state index in [1.165, 1.54) is 0 Å². The molecule has 2 amide bonds. The molecule has 1 aliphatic heterocycles. The molecule has 2 aromatic carbocycles. The van der Waals surface area contributed by atoms with E-state index in [1.807, 2.05) is 71.7 Å². The summed E-state index contributed by atoms with van der Waals surface area (Å²) in [7, 11) is 0. The summed E-state index contributed by atoms with van der Waals surface area (Å²) in [6.07, 6.45) is 4.11. The van der Waals surface area contributed by atoms with Gasteiger partial charge in [0.05, 0.1) is 24.8 Å². The summed E-state index contributed by atoms with van der Waals surface area (Å²) in [6, 6.07) is 19.1.